The molecule has 0 aliphatic carbocycles. The molecule has 0 saturated carbocycles. The van der Waals surface area contributed by atoms with Crippen molar-refractivity contribution in [1.82, 2.24) is 5.32 Å². The summed E-state index contributed by atoms with van der Waals surface area (Å²) in [5.74, 6) is -1.06. The normalized spacial score (nSPS) is 11.4. The number of halogens is 2. The lowest BCUT2D eigenvalue weighted by molar-refractivity contribution is -0.118. The lowest BCUT2D eigenvalue weighted by Gasteiger charge is -2.16. The molecule has 0 aromatic heterocycles. The fraction of sp³-hybridized carbons (Fsp3) is 0.238. The van der Waals surface area contributed by atoms with Gasteiger partial charge in [0.05, 0.1) is 5.92 Å². The molecule has 0 radical (unpaired) electrons. The smallest absolute Gasteiger partial charge is 0.319 e. The number of nitrogens with one attached hydrogen (secondary N) is 3. The number of hydrogen-bond donors (Lipinski definition) is 3. The molecule has 3 N–H and O–H groups in total. The predicted molar refractivity (Wildman–Crippen MR) is 111 cm³/mol. The molecule has 0 aliphatic heterocycles. The van der Waals surface area contributed by atoms with Crippen molar-refractivity contribution < 1.29 is 14.0 Å². The molecule has 2 aromatic carbocycles. The molecule has 0 unspecified atom stereocenters. The van der Waals surface area contributed by atoms with Crippen molar-refractivity contribution in [2.45, 2.75) is 20.3 Å². The molecule has 0 fully saturated rings. The van der Waals surface area contributed by atoms with E-state index >= 15 is 0 Å². The molecule has 1 atom stereocenters. The van der Waals surface area contributed by atoms with E-state index < -0.39 is 5.92 Å². The number of urea groups is 1. The second-order valence-electron chi connectivity index (χ2n) is 6.42. The molecule has 2 aromatic rings. The fourth-order valence-corrected chi connectivity index (χ4v) is 2.61. The van der Waals surface area contributed by atoms with Crippen molar-refractivity contribution in [3.8, 4) is 0 Å². The van der Waals surface area contributed by atoms with Gasteiger partial charge in [0.15, 0.2) is 0 Å². The van der Waals surface area contributed by atoms with E-state index in [1.807, 2.05) is 6.92 Å². The van der Waals surface area contributed by atoms with Crippen molar-refractivity contribution in [1.29, 1.82) is 0 Å². The molecule has 148 valence electrons. The summed E-state index contributed by atoms with van der Waals surface area (Å²) in [5.41, 5.74) is 2.62. The molecule has 28 heavy (non-hydrogen) atoms. The van der Waals surface area contributed by atoms with Crippen LogP contribution in [0.15, 0.2) is 54.6 Å². The van der Waals surface area contributed by atoms with Crippen LogP contribution in [-0.2, 0) is 4.79 Å². The van der Waals surface area contributed by atoms with Gasteiger partial charge in [0.1, 0.15) is 5.82 Å². The van der Waals surface area contributed by atoms with E-state index in [0.717, 1.165) is 5.56 Å². The Morgan fingerprint density at radius 3 is 2.50 bits per heavy atom. The van der Waals surface area contributed by atoms with Crippen LogP contribution in [0, 0.1) is 18.7 Å². The highest BCUT2D eigenvalue weighted by molar-refractivity contribution is 6.31. The van der Waals surface area contributed by atoms with Crippen molar-refractivity contribution >= 4 is 34.9 Å². The van der Waals surface area contributed by atoms with E-state index in [9.17, 15) is 14.0 Å². The number of amides is 3. The lowest BCUT2D eigenvalue weighted by Crippen LogP contribution is -2.31. The summed E-state index contributed by atoms with van der Waals surface area (Å²) in [7, 11) is 0. The van der Waals surface area contributed by atoms with Crippen LogP contribution in [0.3, 0.4) is 0 Å². The third-order valence-corrected chi connectivity index (χ3v) is 4.77. The molecular weight excluding hydrogens is 381 g/mol. The number of anilines is 2. The van der Waals surface area contributed by atoms with E-state index in [1.54, 1.807) is 25.1 Å². The largest absolute Gasteiger partial charge is 0.338 e. The summed E-state index contributed by atoms with van der Waals surface area (Å²) in [4.78, 5) is 24.3. The highest BCUT2D eigenvalue weighted by Gasteiger charge is 2.16. The van der Waals surface area contributed by atoms with Crippen molar-refractivity contribution in [2.75, 3.05) is 17.2 Å². The average molecular weight is 404 g/mol. The Kier molecular flexibility index (Phi) is 7.58. The molecule has 3 amide bonds. The summed E-state index contributed by atoms with van der Waals surface area (Å²) in [6.45, 7) is 7.81. The maximum Gasteiger partial charge on any atom is 0.319 e. The Morgan fingerprint density at radius 1 is 1.14 bits per heavy atom. The van der Waals surface area contributed by atoms with E-state index in [1.165, 1.54) is 24.3 Å². The first-order valence-electron chi connectivity index (χ1n) is 8.82. The number of benzene rings is 2. The van der Waals surface area contributed by atoms with E-state index in [0.29, 0.717) is 34.9 Å². The van der Waals surface area contributed by atoms with Crippen molar-refractivity contribution in [3.63, 3.8) is 0 Å². The van der Waals surface area contributed by atoms with Crippen molar-refractivity contribution in [2.24, 2.45) is 5.92 Å². The fourth-order valence-electron chi connectivity index (χ4n) is 2.43. The lowest BCUT2D eigenvalue weighted by atomic mass is 9.99. The minimum Gasteiger partial charge on any atom is -0.338 e. The van der Waals surface area contributed by atoms with Crippen LogP contribution in [0.4, 0.5) is 20.6 Å². The van der Waals surface area contributed by atoms with Crippen LogP contribution in [0.2, 0.25) is 5.02 Å². The van der Waals surface area contributed by atoms with E-state index in [-0.39, 0.29) is 17.8 Å². The monoisotopic (exact) mass is 403 g/mol. The summed E-state index contributed by atoms with van der Waals surface area (Å²) in [6.07, 6.45) is 0.444. The highest BCUT2D eigenvalue weighted by atomic mass is 35.5. The summed E-state index contributed by atoms with van der Waals surface area (Å²) >= 11 is 6.03. The maximum atomic E-state index is 12.9. The summed E-state index contributed by atoms with van der Waals surface area (Å²) < 4.78 is 12.9. The Bertz CT molecular complexity index is 868. The van der Waals surface area contributed by atoms with Crippen LogP contribution in [0.1, 0.15) is 18.9 Å². The first-order chi connectivity index (χ1) is 13.3. The van der Waals surface area contributed by atoms with Gasteiger partial charge in [-0.25, -0.2) is 9.18 Å². The van der Waals surface area contributed by atoms with Crippen LogP contribution < -0.4 is 16.0 Å². The maximum absolute atomic E-state index is 12.9. The third kappa shape index (κ3) is 6.09. The third-order valence-electron chi connectivity index (χ3n) is 4.36. The first kappa shape index (κ1) is 21.4. The van der Waals surface area contributed by atoms with Crippen LogP contribution in [-0.4, -0.2) is 18.5 Å². The SMILES string of the molecule is C=C(CCNC(=O)Nc1cccc(Cl)c1C)[C@H](C)C(=O)Nc1ccc(F)cc1. The number of carbonyl (C=O) groups is 2. The molecule has 2 rings (SSSR count). The second-order valence-corrected chi connectivity index (χ2v) is 6.83. The second kappa shape index (κ2) is 9.90. The standard InChI is InChI=1S/C21H23ClFN3O2/c1-13(14(2)20(27)25-17-9-7-16(23)8-10-17)11-12-24-21(28)26-19-6-4-5-18(22)15(19)3/h4-10,14H,1,11-12H2,2-3H3,(H,25,27)(H2,24,26,28)/t14-/m0/s1. The van der Waals surface area contributed by atoms with Gasteiger partial charge in [0, 0.05) is 22.9 Å². The van der Waals surface area contributed by atoms with Gasteiger partial charge in [-0.3, -0.25) is 4.79 Å². The summed E-state index contributed by atoms with van der Waals surface area (Å²) in [6, 6.07) is 10.5. The number of rotatable bonds is 7. The Morgan fingerprint density at radius 2 is 1.82 bits per heavy atom. The summed E-state index contributed by atoms with van der Waals surface area (Å²) in [5, 5.41) is 8.76. The Hall–Kier alpha value is -2.86. The van der Waals surface area contributed by atoms with Crippen molar-refractivity contribution in [3.05, 3.63) is 71.0 Å². The zero-order valence-corrected chi connectivity index (χ0v) is 16.6. The van der Waals surface area contributed by atoms with Gasteiger partial charge in [-0.2, -0.15) is 0 Å². The predicted octanol–water partition coefficient (Wildman–Crippen LogP) is 5.13. The zero-order valence-electron chi connectivity index (χ0n) is 15.8. The van der Waals surface area contributed by atoms with Gasteiger partial charge in [0.2, 0.25) is 5.91 Å². The Balaban J connectivity index is 1.77. The quantitative estimate of drug-likeness (QED) is 0.561. The minimum absolute atomic E-state index is 0.240. The molecule has 0 bridgehead atoms. The van der Waals surface area contributed by atoms with Gasteiger partial charge < -0.3 is 16.0 Å². The average Bonchev–Trinajstić information content (AvgIpc) is 2.66. The molecular formula is C21H23ClFN3O2. The molecule has 7 heteroatoms. The molecule has 5 nitrogen and oxygen atoms in total. The van der Waals surface area contributed by atoms with E-state index in [4.69, 9.17) is 11.6 Å². The van der Waals surface area contributed by atoms with Gasteiger partial charge in [-0.1, -0.05) is 29.8 Å². The van der Waals surface area contributed by atoms with Crippen LogP contribution in [0.25, 0.3) is 0 Å². The topological polar surface area (TPSA) is 70.2 Å². The molecule has 0 heterocycles. The Labute approximate surface area is 169 Å². The van der Waals surface area contributed by atoms with Gasteiger partial charge in [0.25, 0.3) is 0 Å². The first-order valence-corrected chi connectivity index (χ1v) is 9.19. The minimum atomic E-state index is -0.454. The van der Waals surface area contributed by atoms with Gasteiger partial charge in [-0.15, -0.1) is 0 Å². The van der Waals surface area contributed by atoms with Crippen LogP contribution in [0.5, 0.6) is 0 Å². The van der Waals surface area contributed by atoms with Gasteiger partial charge >= 0.3 is 6.03 Å². The molecule has 0 aliphatic rings. The van der Waals surface area contributed by atoms with E-state index in [2.05, 4.69) is 22.5 Å². The van der Waals surface area contributed by atoms with Gasteiger partial charge in [-0.05, 0) is 62.2 Å². The number of carbonyl (C=O) groups excluding carboxylic acids is 2. The molecule has 0 saturated heterocycles. The number of hydrogen-bond acceptors (Lipinski definition) is 2. The highest BCUT2D eigenvalue weighted by Crippen LogP contribution is 2.22. The molecule has 0 spiro atoms. The zero-order chi connectivity index (χ0) is 20.7. The van der Waals surface area contributed by atoms with Crippen LogP contribution >= 0.6 is 11.6 Å².